The fourth-order valence-corrected chi connectivity index (χ4v) is 2.80. The molecule has 24 heavy (non-hydrogen) atoms. The Morgan fingerprint density at radius 1 is 1.04 bits per heavy atom. The van der Waals surface area contributed by atoms with Crippen molar-refractivity contribution in [1.82, 2.24) is 0 Å². The van der Waals surface area contributed by atoms with Crippen molar-refractivity contribution in [3.63, 3.8) is 0 Å². The Kier molecular flexibility index (Phi) is 5.68. The highest BCUT2D eigenvalue weighted by Gasteiger charge is 2.23. The zero-order chi connectivity index (χ0) is 17.7. The van der Waals surface area contributed by atoms with E-state index in [1.54, 1.807) is 12.1 Å². The van der Waals surface area contributed by atoms with Crippen LogP contribution in [-0.4, -0.2) is 32.4 Å². The van der Waals surface area contributed by atoms with Crippen LogP contribution in [0.3, 0.4) is 0 Å². The molecule has 5 heteroatoms. The van der Waals surface area contributed by atoms with E-state index in [1.807, 2.05) is 31.2 Å². The number of aliphatic carboxylic acids is 1. The molecule has 128 valence electrons. The van der Waals surface area contributed by atoms with Gasteiger partial charge in [0.2, 0.25) is 5.75 Å². The molecule has 0 aliphatic rings. The summed E-state index contributed by atoms with van der Waals surface area (Å²) in [5, 5.41) is 9.68. The van der Waals surface area contributed by atoms with E-state index in [1.165, 1.54) is 21.3 Å². The van der Waals surface area contributed by atoms with Crippen LogP contribution < -0.4 is 14.2 Å². The number of carboxylic acids is 1. The zero-order valence-corrected chi connectivity index (χ0v) is 14.3. The summed E-state index contributed by atoms with van der Waals surface area (Å²) in [6, 6.07) is 11.1. The van der Waals surface area contributed by atoms with Crippen LogP contribution in [0.4, 0.5) is 0 Å². The van der Waals surface area contributed by atoms with E-state index in [0.717, 1.165) is 16.7 Å². The van der Waals surface area contributed by atoms with Gasteiger partial charge in [-0.2, -0.15) is 0 Å². The molecule has 0 aromatic heterocycles. The van der Waals surface area contributed by atoms with E-state index in [-0.39, 0.29) is 0 Å². The molecule has 2 aromatic rings. The van der Waals surface area contributed by atoms with Gasteiger partial charge in [-0.05, 0) is 42.2 Å². The highest BCUT2D eigenvalue weighted by atomic mass is 16.5. The highest BCUT2D eigenvalue weighted by Crippen LogP contribution is 2.39. The summed E-state index contributed by atoms with van der Waals surface area (Å²) in [6.07, 6.45) is 0.330. The first-order valence-electron chi connectivity index (χ1n) is 7.59. The van der Waals surface area contributed by atoms with E-state index >= 15 is 0 Å². The van der Waals surface area contributed by atoms with Gasteiger partial charge in [0.1, 0.15) is 0 Å². The number of carboxylic acid groups (broad SMARTS) is 1. The lowest BCUT2D eigenvalue weighted by atomic mass is 9.89. The molecule has 0 saturated carbocycles. The third kappa shape index (κ3) is 3.62. The summed E-state index contributed by atoms with van der Waals surface area (Å²) in [5.74, 6) is 0.0140. The van der Waals surface area contributed by atoms with Crippen molar-refractivity contribution >= 4 is 5.97 Å². The number of methoxy groups -OCH3 is 3. The Bertz CT molecular complexity index is 698. The molecule has 0 fully saturated rings. The monoisotopic (exact) mass is 330 g/mol. The van der Waals surface area contributed by atoms with Gasteiger partial charge in [0.05, 0.1) is 27.2 Å². The Labute approximate surface area is 141 Å². The number of benzene rings is 2. The maximum absolute atomic E-state index is 11.8. The predicted molar refractivity (Wildman–Crippen MR) is 91.4 cm³/mol. The molecule has 1 atom stereocenters. The first kappa shape index (κ1) is 17.7. The van der Waals surface area contributed by atoms with E-state index in [9.17, 15) is 9.90 Å². The summed E-state index contributed by atoms with van der Waals surface area (Å²) < 4.78 is 16.0. The molecule has 0 saturated heterocycles. The van der Waals surface area contributed by atoms with Gasteiger partial charge in [0.15, 0.2) is 11.5 Å². The van der Waals surface area contributed by atoms with Crippen molar-refractivity contribution in [3.05, 3.63) is 53.1 Å². The molecule has 0 radical (unpaired) electrons. The number of hydrogen-bond acceptors (Lipinski definition) is 4. The van der Waals surface area contributed by atoms with Crippen LogP contribution in [0.1, 0.15) is 22.6 Å². The Balaban J connectivity index is 2.44. The van der Waals surface area contributed by atoms with Gasteiger partial charge in [-0.25, -0.2) is 0 Å². The third-order valence-corrected chi connectivity index (χ3v) is 4.03. The summed E-state index contributed by atoms with van der Waals surface area (Å²) in [7, 11) is 4.61. The topological polar surface area (TPSA) is 65.0 Å². The first-order valence-corrected chi connectivity index (χ1v) is 7.59. The van der Waals surface area contributed by atoms with Crippen molar-refractivity contribution < 1.29 is 24.1 Å². The molecule has 0 heterocycles. The second-order valence-electron chi connectivity index (χ2n) is 5.49. The minimum absolute atomic E-state index is 0.330. The second-order valence-corrected chi connectivity index (χ2v) is 5.49. The van der Waals surface area contributed by atoms with Crippen LogP contribution in [0, 0.1) is 6.92 Å². The molecule has 1 unspecified atom stereocenters. The fourth-order valence-electron chi connectivity index (χ4n) is 2.80. The molecular formula is C19H22O5. The maximum atomic E-state index is 11.8. The predicted octanol–water partition coefficient (Wildman–Crippen LogP) is 3.43. The van der Waals surface area contributed by atoms with Crippen molar-refractivity contribution in [3.8, 4) is 17.2 Å². The number of hydrogen-bond donors (Lipinski definition) is 1. The lowest BCUT2D eigenvalue weighted by Crippen LogP contribution is -2.15. The van der Waals surface area contributed by atoms with Gasteiger partial charge >= 0.3 is 5.97 Å². The number of rotatable bonds is 7. The lowest BCUT2D eigenvalue weighted by molar-refractivity contribution is -0.138. The smallest absolute Gasteiger partial charge is 0.311 e. The SMILES string of the molecule is COc1cc(CC(C(=O)O)c2ccccc2C)cc(OC)c1OC. The summed E-state index contributed by atoms with van der Waals surface area (Å²) in [5.41, 5.74) is 2.57. The van der Waals surface area contributed by atoms with Gasteiger partial charge in [-0.15, -0.1) is 0 Å². The van der Waals surface area contributed by atoms with E-state index < -0.39 is 11.9 Å². The Morgan fingerprint density at radius 2 is 1.62 bits per heavy atom. The lowest BCUT2D eigenvalue weighted by Gasteiger charge is -2.18. The molecular weight excluding hydrogens is 308 g/mol. The van der Waals surface area contributed by atoms with Gasteiger partial charge in [-0.3, -0.25) is 4.79 Å². The van der Waals surface area contributed by atoms with E-state index in [4.69, 9.17) is 14.2 Å². The average Bonchev–Trinajstić information content (AvgIpc) is 2.59. The van der Waals surface area contributed by atoms with Crippen molar-refractivity contribution in [2.45, 2.75) is 19.3 Å². The minimum Gasteiger partial charge on any atom is -0.493 e. The van der Waals surface area contributed by atoms with Crippen LogP contribution in [0.2, 0.25) is 0 Å². The Morgan fingerprint density at radius 3 is 2.08 bits per heavy atom. The zero-order valence-electron chi connectivity index (χ0n) is 14.3. The van der Waals surface area contributed by atoms with Crippen molar-refractivity contribution in [1.29, 1.82) is 0 Å². The van der Waals surface area contributed by atoms with Crippen LogP contribution in [0.25, 0.3) is 0 Å². The van der Waals surface area contributed by atoms with Gasteiger partial charge in [0, 0.05) is 0 Å². The number of aryl methyl sites for hydroxylation is 1. The average molecular weight is 330 g/mol. The van der Waals surface area contributed by atoms with Crippen LogP contribution in [0.5, 0.6) is 17.2 Å². The molecule has 5 nitrogen and oxygen atoms in total. The van der Waals surface area contributed by atoms with Crippen molar-refractivity contribution in [2.24, 2.45) is 0 Å². The first-order chi connectivity index (χ1) is 11.5. The molecule has 0 spiro atoms. The second kappa shape index (κ2) is 7.73. The van der Waals surface area contributed by atoms with Crippen LogP contribution in [-0.2, 0) is 11.2 Å². The number of ether oxygens (including phenoxy) is 3. The molecule has 0 aliphatic heterocycles. The largest absolute Gasteiger partial charge is 0.493 e. The van der Waals surface area contributed by atoms with E-state index in [0.29, 0.717) is 23.7 Å². The summed E-state index contributed by atoms with van der Waals surface area (Å²) in [4.78, 5) is 11.8. The summed E-state index contributed by atoms with van der Waals surface area (Å²) >= 11 is 0. The molecule has 2 aromatic carbocycles. The molecule has 2 rings (SSSR count). The van der Waals surface area contributed by atoms with Gasteiger partial charge < -0.3 is 19.3 Å². The molecule has 0 amide bonds. The van der Waals surface area contributed by atoms with Gasteiger partial charge in [-0.1, -0.05) is 24.3 Å². The molecule has 0 bridgehead atoms. The highest BCUT2D eigenvalue weighted by molar-refractivity contribution is 5.77. The normalized spacial score (nSPS) is 11.7. The maximum Gasteiger partial charge on any atom is 0.311 e. The van der Waals surface area contributed by atoms with Gasteiger partial charge in [0.25, 0.3) is 0 Å². The molecule has 0 aliphatic carbocycles. The van der Waals surface area contributed by atoms with Crippen LogP contribution >= 0.6 is 0 Å². The fraction of sp³-hybridized carbons (Fsp3) is 0.316. The minimum atomic E-state index is -0.863. The van der Waals surface area contributed by atoms with Crippen LogP contribution in [0.15, 0.2) is 36.4 Å². The summed E-state index contributed by atoms with van der Waals surface area (Å²) in [6.45, 7) is 1.92. The third-order valence-electron chi connectivity index (χ3n) is 4.03. The van der Waals surface area contributed by atoms with E-state index in [2.05, 4.69) is 0 Å². The standard InChI is InChI=1S/C19H22O5/c1-12-7-5-6-8-14(12)15(19(20)21)9-13-10-16(22-2)18(24-4)17(11-13)23-3/h5-8,10-11,15H,9H2,1-4H3,(H,20,21). The quantitative estimate of drug-likeness (QED) is 0.842. The Hall–Kier alpha value is -2.69. The number of carbonyl (C=O) groups is 1. The van der Waals surface area contributed by atoms with Crippen molar-refractivity contribution in [2.75, 3.05) is 21.3 Å². The molecule has 1 N–H and O–H groups in total.